The normalized spacial score (nSPS) is 21.2. The SMILES string of the molecule is CCC(CC)(CN)C(=O)NC1CCN(CC2CCCC2)CC1.Cl. The fourth-order valence-electron chi connectivity index (χ4n) is 4.11. The number of likely N-dealkylation sites (tertiary alicyclic amines) is 1. The lowest BCUT2D eigenvalue weighted by atomic mass is 9.81. The van der Waals surface area contributed by atoms with Crippen LogP contribution in [0.1, 0.15) is 65.2 Å². The van der Waals surface area contributed by atoms with Crippen molar-refractivity contribution in [2.45, 2.75) is 71.3 Å². The van der Waals surface area contributed by atoms with Crippen LogP contribution >= 0.6 is 12.4 Å². The molecule has 3 N–H and O–H groups in total. The van der Waals surface area contributed by atoms with Crippen molar-refractivity contribution >= 4 is 18.3 Å². The third-order valence-electron chi connectivity index (χ3n) is 6.14. The van der Waals surface area contributed by atoms with E-state index in [9.17, 15) is 4.79 Å². The summed E-state index contributed by atoms with van der Waals surface area (Å²) in [6, 6.07) is 0.344. The third-order valence-corrected chi connectivity index (χ3v) is 6.14. The quantitative estimate of drug-likeness (QED) is 0.745. The van der Waals surface area contributed by atoms with Crippen molar-refractivity contribution in [1.29, 1.82) is 0 Å². The standard InChI is InChI=1S/C18H35N3O.ClH/c1-3-18(4-2,14-19)17(22)20-16-9-11-21(12-10-16)13-15-7-5-6-8-15;/h15-16H,3-14,19H2,1-2H3,(H,20,22);1H. The minimum atomic E-state index is -0.360. The van der Waals surface area contributed by atoms with Gasteiger partial charge in [-0.2, -0.15) is 0 Å². The van der Waals surface area contributed by atoms with Gasteiger partial charge in [-0.15, -0.1) is 12.4 Å². The van der Waals surface area contributed by atoms with Crippen LogP contribution < -0.4 is 11.1 Å². The van der Waals surface area contributed by atoms with Gasteiger partial charge in [-0.25, -0.2) is 0 Å². The van der Waals surface area contributed by atoms with Crippen molar-refractivity contribution in [2.24, 2.45) is 17.1 Å². The second-order valence-electron chi connectivity index (χ2n) is 7.39. The predicted molar refractivity (Wildman–Crippen MR) is 98.9 cm³/mol. The third kappa shape index (κ3) is 5.33. The first kappa shape index (κ1) is 20.7. The first-order valence-electron chi connectivity index (χ1n) is 9.37. The highest BCUT2D eigenvalue weighted by Gasteiger charge is 2.35. The topological polar surface area (TPSA) is 58.4 Å². The maximum Gasteiger partial charge on any atom is 0.227 e. The van der Waals surface area contributed by atoms with E-state index in [1.165, 1.54) is 32.2 Å². The molecule has 0 bridgehead atoms. The molecular formula is C18H36ClN3O. The van der Waals surface area contributed by atoms with Crippen LogP contribution in [0.25, 0.3) is 0 Å². The molecule has 1 aliphatic carbocycles. The minimum absolute atomic E-state index is 0. The van der Waals surface area contributed by atoms with Crippen molar-refractivity contribution < 1.29 is 4.79 Å². The fraction of sp³-hybridized carbons (Fsp3) is 0.944. The van der Waals surface area contributed by atoms with Crippen LogP contribution in [-0.4, -0.2) is 43.0 Å². The Morgan fingerprint density at radius 2 is 1.70 bits per heavy atom. The fourth-order valence-corrected chi connectivity index (χ4v) is 4.11. The smallest absolute Gasteiger partial charge is 0.227 e. The molecule has 1 amide bonds. The van der Waals surface area contributed by atoms with Crippen LogP contribution in [0, 0.1) is 11.3 Å². The average Bonchev–Trinajstić information content (AvgIpc) is 3.04. The van der Waals surface area contributed by atoms with E-state index in [2.05, 4.69) is 24.1 Å². The summed E-state index contributed by atoms with van der Waals surface area (Å²) in [5.41, 5.74) is 5.52. The molecule has 0 radical (unpaired) electrons. The van der Waals surface area contributed by atoms with Gasteiger partial charge in [0.25, 0.3) is 0 Å². The lowest BCUT2D eigenvalue weighted by Crippen LogP contribution is -2.52. The maximum absolute atomic E-state index is 12.6. The van der Waals surface area contributed by atoms with E-state index in [0.717, 1.165) is 44.7 Å². The molecule has 1 saturated carbocycles. The van der Waals surface area contributed by atoms with E-state index >= 15 is 0 Å². The molecule has 23 heavy (non-hydrogen) atoms. The van der Waals surface area contributed by atoms with Gasteiger partial charge in [0, 0.05) is 32.2 Å². The zero-order valence-corrected chi connectivity index (χ0v) is 15.8. The molecule has 4 nitrogen and oxygen atoms in total. The van der Waals surface area contributed by atoms with Crippen LogP contribution in [0.3, 0.4) is 0 Å². The van der Waals surface area contributed by atoms with E-state index < -0.39 is 0 Å². The predicted octanol–water partition coefficient (Wildman–Crippen LogP) is 2.94. The van der Waals surface area contributed by atoms with Gasteiger partial charge >= 0.3 is 0 Å². The van der Waals surface area contributed by atoms with Crippen LogP contribution in [-0.2, 0) is 4.79 Å². The molecule has 0 aromatic rings. The summed E-state index contributed by atoms with van der Waals surface area (Å²) in [5.74, 6) is 1.10. The van der Waals surface area contributed by atoms with Gasteiger partial charge in [0.1, 0.15) is 0 Å². The summed E-state index contributed by atoms with van der Waals surface area (Å²) >= 11 is 0. The number of rotatable bonds is 7. The summed E-state index contributed by atoms with van der Waals surface area (Å²) in [5, 5.41) is 3.28. The summed E-state index contributed by atoms with van der Waals surface area (Å²) in [4.78, 5) is 15.2. The van der Waals surface area contributed by atoms with Crippen LogP contribution in [0.5, 0.6) is 0 Å². The lowest BCUT2D eigenvalue weighted by Gasteiger charge is -2.36. The highest BCUT2D eigenvalue weighted by Crippen LogP contribution is 2.28. The number of carbonyl (C=O) groups excluding carboxylic acids is 1. The van der Waals surface area contributed by atoms with E-state index in [0.29, 0.717) is 12.6 Å². The van der Waals surface area contributed by atoms with Crippen molar-refractivity contribution in [2.75, 3.05) is 26.2 Å². The largest absolute Gasteiger partial charge is 0.353 e. The second-order valence-corrected chi connectivity index (χ2v) is 7.39. The molecule has 2 rings (SSSR count). The summed E-state index contributed by atoms with van der Waals surface area (Å²) < 4.78 is 0. The van der Waals surface area contributed by atoms with E-state index in [-0.39, 0.29) is 23.7 Å². The number of carbonyl (C=O) groups is 1. The Hall–Kier alpha value is -0.320. The summed E-state index contributed by atoms with van der Waals surface area (Å²) in [6.45, 7) is 8.13. The van der Waals surface area contributed by atoms with Crippen molar-refractivity contribution in [3.63, 3.8) is 0 Å². The first-order chi connectivity index (χ1) is 10.6. The first-order valence-corrected chi connectivity index (χ1v) is 9.37. The van der Waals surface area contributed by atoms with E-state index in [4.69, 9.17) is 5.73 Å². The highest BCUT2D eigenvalue weighted by atomic mass is 35.5. The maximum atomic E-state index is 12.6. The highest BCUT2D eigenvalue weighted by molar-refractivity contribution is 5.85. The molecule has 0 aromatic heterocycles. The number of nitrogens with one attached hydrogen (secondary N) is 1. The molecule has 136 valence electrons. The molecule has 0 spiro atoms. The van der Waals surface area contributed by atoms with Crippen LogP contribution in [0.4, 0.5) is 0 Å². The average molecular weight is 346 g/mol. The zero-order chi connectivity index (χ0) is 16.0. The van der Waals surface area contributed by atoms with Gasteiger partial charge in [0.2, 0.25) is 5.91 Å². The molecule has 0 unspecified atom stereocenters. The van der Waals surface area contributed by atoms with Crippen LogP contribution in [0.15, 0.2) is 0 Å². The Bertz CT molecular complexity index is 338. The molecule has 2 aliphatic rings. The van der Waals surface area contributed by atoms with Gasteiger partial charge in [0.15, 0.2) is 0 Å². The molecular weight excluding hydrogens is 310 g/mol. The molecule has 1 saturated heterocycles. The van der Waals surface area contributed by atoms with Crippen molar-refractivity contribution in [3.05, 3.63) is 0 Å². The van der Waals surface area contributed by atoms with Crippen LogP contribution in [0.2, 0.25) is 0 Å². The summed E-state index contributed by atoms with van der Waals surface area (Å²) in [6.07, 6.45) is 9.52. The molecule has 5 heteroatoms. The second kappa shape index (κ2) is 9.85. The van der Waals surface area contributed by atoms with Gasteiger partial charge < -0.3 is 16.0 Å². The number of halogens is 1. The zero-order valence-electron chi connectivity index (χ0n) is 15.0. The monoisotopic (exact) mass is 345 g/mol. The summed E-state index contributed by atoms with van der Waals surface area (Å²) in [7, 11) is 0. The van der Waals surface area contributed by atoms with Gasteiger partial charge in [-0.3, -0.25) is 4.79 Å². The Labute approximate surface area is 148 Å². The van der Waals surface area contributed by atoms with E-state index in [1.54, 1.807) is 0 Å². The molecule has 2 fully saturated rings. The molecule has 1 aliphatic heterocycles. The molecule has 0 aromatic carbocycles. The van der Waals surface area contributed by atoms with Gasteiger partial charge in [-0.05, 0) is 44.4 Å². The number of hydrogen-bond donors (Lipinski definition) is 2. The van der Waals surface area contributed by atoms with E-state index in [1.807, 2.05) is 0 Å². The Morgan fingerprint density at radius 1 is 1.13 bits per heavy atom. The Morgan fingerprint density at radius 3 is 2.17 bits per heavy atom. The number of amides is 1. The molecule has 0 atom stereocenters. The number of hydrogen-bond acceptors (Lipinski definition) is 3. The minimum Gasteiger partial charge on any atom is -0.353 e. The van der Waals surface area contributed by atoms with Gasteiger partial charge in [-0.1, -0.05) is 26.7 Å². The lowest BCUT2D eigenvalue weighted by molar-refractivity contribution is -0.132. The van der Waals surface area contributed by atoms with Crippen molar-refractivity contribution in [1.82, 2.24) is 10.2 Å². The Kier molecular flexibility index (Phi) is 8.88. The number of nitrogens with zero attached hydrogens (tertiary/aromatic N) is 1. The van der Waals surface area contributed by atoms with Gasteiger partial charge in [0.05, 0.1) is 5.41 Å². The van der Waals surface area contributed by atoms with Crippen molar-refractivity contribution in [3.8, 4) is 0 Å². The number of nitrogens with two attached hydrogens (primary N) is 1. The Balaban J connectivity index is 0.00000264. The molecule has 1 heterocycles. The number of piperidine rings is 1.